The van der Waals surface area contributed by atoms with Crippen LogP contribution in [0.1, 0.15) is 73.5 Å². The van der Waals surface area contributed by atoms with Crippen molar-refractivity contribution in [1.82, 2.24) is 5.32 Å². The Morgan fingerprint density at radius 2 is 1.94 bits per heavy atom. The number of benzene rings is 2. The number of rotatable bonds is 8. The van der Waals surface area contributed by atoms with Crippen molar-refractivity contribution in [1.29, 1.82) is 0 Å². The molecule has 2 aromatic rings. The van der Waals surface area contributed by atoms with E-state index in [2.05, 4.69) is 25.2 Å². The van der Waals surface area contributed by atoms with Crippen molar-refractivity contribution >= 4 is 23.5 Å². The highest BCUT2D eigenvalue weighted by Crippen LogP contribution is 2.52. The Hall–Kier alpha value is -2.57. The molecular formula is C27H32ClNO5. The molecule has 4 atom stereocenters. The highest BCUT2D eigenvalue weighted by Gasteiger charge is 2.49. The van der Waals surface area contributed by atoms with Gasteiger partial charge in [0.25, 0.3) is 5.91 Å². The number of aliphatic carboxylic acids is 1. The maximum Gasteiger partial charge on any atom is 0.303 e. The summed E-state index contributed by atoms with van der Waals surface area (Å²) >= 11 is 5.90. The Morgan fingerprint density at radius 1 is 1.18 bits per heavy atom. The zero-order chi connectivity index (χ0) is 24.3. The molecule has 4 rings (SSSR count). The quantitative estimate of drug-likeness (QED) is 0.477. The van der Waals surface area contributed by atoms with Crippen molar-refractivity contribution in [2.45, 2.75) is 70.2 Å². The van der Waals surface area contributed by atoms with Gasteiger partial charge in [0.15, 0.2) is 0 Å². The molecule has 1 fully saturated rings. The summed E-state index contributed by atoms with van der Waals surface area (Å²) in [6, 6.07) is 12.8. The van der Waals surface area contributed by atoms with E-state index in [0.29, 0.717) is 23.6 Å². The van der Waals surface area contributed by atoms with Crippen molar-refractivity contribution in [3.63, 3.8) is 0 Å². The lowest BCUT2D eigenvalue weighted by atomic mass is 9.72. The summed E-state index contributed by atoms with van der Waals surface area (Å²) in [4.78, 5) is 23.4. The minimum Gasteiger partial charge on any atom is -0.487 e. The van der Waals surface area contributed by atoms with Gasteiger partial charge < -0.3 is 19.9 Å². The maximum atomic E-state index is 12.4. The molecule has 34 heavy (non-hydrogen) atoms. The van der Waals surface area contributed by atoms with Gasteiger partial charge >= 0.3 is 5.97 Å². The Morgan fingerprint density at radius 3 is 2.68 bits per heavy atom. The zero-order valence-corrected chi connectivity index (χ0v) is 20.4. The first-order valence-corrected chi connectivity index (χ1v) is 12.4. The van der Waals surface area contributed by atoms with E-state index >= 15 is 0 Å². The Balaban J connectivity index is 1.43. The number of hydrogen-bond donors (Lipinski definition) is 2. The van der Waals surface area contributed by atoms with Crippen LogP contribution in [0.2, 0.25) is 5.02 Å². The van der Waals surface area contributed by atoms with Crippen molar-refractivity contribution in [2.75, 3.05) is 6.54 Å². The van der Waals surface area contributed by atoms with E-state index in [4.69, 9.17) is 26.2 Å². The molecule has 182 valence electrons. The minimum atomic E-state index is -0.801. The number of carbonyl (C=O) groups is 2. The molecule has 2 heterocycles. The van der Waals surface area contributed by atoms with Gasteiger partial charge in [-0.1, -0.05) is 17.7 Å². The number of carbonyl (C=O) groups excluding carboxylic acids is 1. The Bertz CT molecular complexity index is 1040. The van der Waals surface area contributed by atoms with Crippen LogP contribution in [0.4, 0.5) is 0 Å². The molecule has 0 spiro atoms. The average Bonchev–Trinajstić information content (AvgIpc) is 2.81. The Kier molecular flexibility index (Phi) is 7.48. The summed E-state index contributed by atoms with van der Waals surface area (Å²) in [6.45, 7) is 4.80. The van der Waals surface area contributed by atoms with Gasteiger partial charge in [0.2, 0.25) is 0 Å². The molecule has 0 unspecified atom stereocenters. The van der Waals surface area contributed by atoms with E-state index < -0.39 is 11.6 Å². The van der Waals surface area contributed by atoms with Crippen LogP contribution in [0.25, 0.3) is 0 Å². The summed E-state index contributed by atoms with van der Waals surface area (Å²) in [7, 11) is 0. The second-order valence-electron chi connectivity index (χ2n) is 9.60. The molecule has 0 radical (unpaired) electrons. The van der Waals surface area contributed by atoms with Crippen molar-refractivity contribution in [3.05, 3.63) is 64.2 Å². The molecule has 0 aliphatic carbocycles. The first-order valence-electron chi connectivity index (χ1n) is 12.0. The van der Waals surface area contributed by atoms with E-state index in [1.54, 1.807) is 24.3 Å². The molecule has 2 aliphatic heterocycles. The fraction of sp³-hybridized carbons (Fsp3) is 0.481. The second-order valence-corrected chi connectivity index (χ2v) is 10.0. The summed E-state index contributed by atoms with van der Waals surface area (Å²) in [5.41, 5.74) is 2.18. The fourth-order valence-corrected chi connectivity index (χ4v) is 5.25. The third-order valence-electron chi connectivity index (χ3n) is 7.01. The summed E-state index contributed by atoms with van der Waals surface area (Å²) < 4.78 is 13.0. The third kappa shape index (κ3) is 5.56. The van der Waals surface area contributed by atoms with Crippen LogP contribution < -0.4 is 10.1 Å². The second kappa shape index (κ2) is 10.4. The van der Waals surface area contributed by atoms with Gasteiger partial charge in [-0.2, -0.15) is 0 Å². The average molecular weight is 486 g/mol. The molecule has 1 amide bonds. The van der Waals surface area contributed by atoms with Crippen LogP contribution in [-0.2, 0) is 16.0 Å². The number of fused-ring (bicyclic) bond motifs is 3. The molecule has 2 aliphatic rings. The third-order valence-corrected chi connectivity index (χ3v) is 7.26. The lowest BCUT2D eigenvalue weighted by Crippen LogP contribution is -2.50. The standard InChI is InChI=1S/C27H32ClNO5/c1-17-4-11-22-25(33-17)21-16-18(6-13-24(30)31)5-12-23(21)34-27(22,2)14-3-15-29-26(32)19-7-9-20(28)10-8-19/h5,7-10,12,16-17,22,25H,3-4,6,11,13-15H2,1-2H3,(H,29,32)(H,30,31)/t17-,22-,25+,27-/m1/s1. The van der Waals surface area contributed by atoms with E-state index in [9.17, 15) is 9.59 Å². The molecular weight excluding hydrogens is 454 g/mol. The predicted molar refractivity (Wildman–Crippen MR) is 130 cm³/mol. The number of aryl methyl sites for hydroxylation is 1. The van der Waals surface area contributed by atoms with Gasteiger partial charge in [0, 0.05) is 35.0 Å². The van der Waals surface area contributed by atoms with Crippen molar-refractivity contribution < 1.29 is 24.2 Å². The largest absolute Gasteiger partial charge is 0.487 e. The summed E-state index contributed by atoms with van der Waals surface area (Å²) in [5, 5.41) is 12.6. The van der Waals surface area contributed by atoms with Crippen LogP contribution in [-0.4, -0.2) is 35.2 Å². The van der Waals surface area contributed by atoms with Crippen LogP contribution >= 0.6 is 11.6 Å². The minimum absolute atomic E-state index is 0.0778. The number of amides is 1. The van der Waals surface area contributed by atoms with Crippen molar-refractivity contribution in [3.8, 4) is 5.75 Å². The van der Waals surface area contributed by atoms with Gasteiger partial charge in [0.1, 0.15) is 11.4 Å². The lowest BCUT2D eigenvalue weighted by molar-refractivity contribution is -0.152. The first-order chi connectivity index (χ1) is 16.2. The fourth-order valence-electron chi connectivity index (χ4n) is 5.12. The van der Waals surface area contributed by atoms with Gasteiger partial charge in [-0.05, 0) is 87.9 Å². The molecule has 2 N–H and O–H groups in total. The summed E-state index contributed by atoms with van der Waals surface area (Å²) in [6.07, 6.45) is 4.21. The van der Waals surface area contributed by atoms with Gasteiger partial charge in [-0.3, -0.25) is 9.59 Å². The monoisotopic (exact) mass is 485 g/mol. The van der Waals surface area contributed by atoms with E-state index in [1.807, 2.05) is 12.1 Å². The molecule has 1 saturated heterocycles. The molecule has 0 aromatic heterocycles. The highest BCUT2D eigenvalue weighted by molar-refractivity contribution is 6.30. The van der Waals surface area contributed by atoms with Crippen LogP contribution in [0.15, 0.2) is 42.5 Å². The summed E-state index contributed by atoms with van der Waals surface area (Å²) in [5.74, 6) is 0.0865. The van der Waals surface area contributed by atoms with Gasteiger partial charge in [-0.15, -0.1) is 0 Å². The number of hydrogen-bond acceptors (Lipinski definition) is 4. The van der Waals surface area contributed by atoms with E-state index in [1.165, 1.54) is 0 Å². The molecule has 0 bridgehead atoms. The molecule has 2 aromatic carbocycles. The normalized spacial score (nSPS) is 25.6. The number of carboxylic acid groups (broad SMARTS) is 1. The smallest absolute Gasteiger partial charge is 0.303 e. The Labute approximate surface area is 205 Å². The molecule has 6 nitrogen and oxygen atoms in total. The number of carboxylic acids is 1. The maximum absolute atomic E-state index is 12.4. The van der Waals surface area contributed by atoms with Crippen LogP contribution in [0.3, 0.4) is 0 Å². The van der Waals surface area contributed by atoms with Gasteiger partial charge in [0.05, 0.1) is 12.2 Å². The lowest BCUT2D eigenvalue weighted by Gasteiger charge is -2.50. The van der Waals surface area contributed by atoms with E-state index in [-0.39, 0.29) is 30.5 Å². The number of nitrogens with one attached hydrogen (secondary N) is 1. The van der Waals surface area contributed by atoms with Crippen LogP contribution in [0.5, 0.6) is 5.75 Å². The highest BCUT2D eigenvalue weighted by atomic mass is 35.5. The topological polar surface area (TPSA) is 84.9 Å². The molecule has 0 saturated carbocycles. The zero-order valence-electron chi connectivity index (χ0n) is 19.7. The predicted octanol–water partition coefficient (Wildman–Crippen LogP) is 5.57. The van der Waals surface area contributed by atoms with Crippen molar-refractivity contribution in [2.24, 2.45) is 5.92 Å². The molecule has 7 heteroatoms. The number of halogens is 1. The van der Waals surface area contributed by atoms with Gasteiger partial charge in [-0.25, -0.2) is 0 Å². The number of ether oxygens (including phenoxy) is 2. The SMILES string of the molecule is C[C@@H]1CC[C@@H]2[C@@H](O1)c1cc(CCC(=O)O)ccc1O[C@]2(C)CCCNC(=O)c1ccc(Cl)cc1. The van der Waals surface area contributed by atoms with E-state index in [0.717, 1.165) is 42.6 Å². The first kappa shape index (κ1) is 24.6. The van der Waals surface area contributed by atoms with Crippen LogP contribution in [0, 0.1) is 5.92 Å².